The lowest BCUT2D eigenvalue weighted by molar-refractivity contribution is 0.580. The number of nitrogens with one attached hydrogen (secondary N) is 2. The van der Waals surface area contributed by atoms with Crippen molar-refractivity contribution in [3.05, 3.63) is 45.9 Å². The quantitative estimate of drug-likeness (QED) is 0.886. The summed E-state index contributed by atoms with van der Waals surface area (Å²) in [6, 6.07) is 6.32. The molecule has 0 aliphatic rings. The highest BCUT2D eigenvalue weighted by molar-refractivity contribution is 9.10. The highest BCUT2D eigenvalue weighted by Crippen LogP contribution is 2.26. The van der Waals surface area contributed by atoms with Gasteiger partial charge in [0.1, 0.15) is 0 Å². The van der Waals surface area contributed by atoms with E-state index >= 15 is 0 Å². The summed E-state index contributed by atoms with van der Waals surface area (Å²) in [4.78, 5) is 3.87. The summed E-state index contributed by atoms with van der Waals surface area (Å²) >= 11 is 3.35. The average Bonchev–Trinajstić information content (AvgIpc) is 2.35. The number of nitrogens with zero attached hydrogens (tertiary/aromatic N) is 1. The van der Waals surface area contributed by atoms with Crippen LogP contribution in [0.4, 0.5) is 26.1 Å². The molecule has 6 heteroatoms. The lowest BCUT2D eigenvalue weighted by atomic mass is 10.2. The SMILES string of the molecule is CNc1nc(Nc2ccc(Br)cc2C)c(F)cc1F. The van der Waals surface area contributed by atoms with Gasteiger partial charge in [0.05, 0.1) is 0 Å². The number of halogens is 3. The summed E-state index contributed by atoms with van der Waals surface area (Å²) in [6.07, 6.45) is 0. The molecule has 0 saturated carbocycles. The van der Waals surface area contributed by atoms with Crippen LogP contribution in [0, 0.1) is 18.6 Å². The van der Waals surface area contributed by atoms with E-state index in [-0.39, 0.29) is 11.6 Å². The molecule has 0 amide bonds. The van der Waals surface area contributed by atoms with Crippen molar-refractivity contribution in [2.75, 3.05) is 17.7 Å². The largest absolute Gasteiger partial charge is 0.371 e. The number of aryl methyl sites for hydroxylation is 1. The topological polar surface area (TPSA) is 37.0 Å². The summed E-state index contributed by atoms with van der Waals surface area (Å²) in [5.41, 5.74) is 1.63. The second-order valence-corrected chi connectivity index (χ2v) is 4.90. The minimum atomic E-state index is -0.737. The molecular formula is C13H12BrF2N3. The second-order valence-electron chi connectivity index (χ2n) is 3.98. The summed E-state index contributed by atoms with van der Waals surface area (Å²) < 4.78 is 27.9. The van der Waals surface area contributed by atoms with E-state index in [0.717, 1.165) is 16.1 Å². The molecule has 0 unspecified atom stereocenters. The third-order valence-corrected chi connectivity index (χ3v) is 3.10. The van der Waals surface area contributed by atoms with E-state index in [1.807, 2.05) is 19.1 Å². The summed E-state index contributed by atoms with van der Waals surface area (Å²) in [5.74, 6) is -1.48. The molecule has 1 aromatic heterocycles. The second kappa shape index (κ2) is 5.52. The van der Waals surface area contributed by atoms with Crippen LogP contribution in [0.1, 0.15) is 5.56 Å². The van der Waals surface area contributed by atoms with Gasteiger partial charge in [0, 0.05) is 23.3 Å². The standard InChI is InChI=1S/C13H12BrF2N3/c1-7-5-8(14)3-4-11(7)18-13-10(16)6-9(15)12(17-2)19-13/h3-6H,1-2H3,(H2,17,18,19). The minimum absolute atomic E-state index is 0.00124. The Kier molecular flexibility index (Phi) is 3.99. The fraction of sp³-hybridized carbons (Fsp3) is 0.154. The Morgan fingerprint density at radius 3 is 2.42 bits per heavy atom. The molecule has 0 bridgehead atoms. The number of pyridine rings is 1. The van der Waals surface area contributed by atoms with Crippen LogP contribution in [-0.4, -0.2) is 12.0 Å². The van der Waals surface area contributed by atoms with Gasteiger partial charge in [-0.25, -0.2) is 13.8 Å². The third-order valence-electron chi connectivity index (χ3n) is 2.61. The van der Waals surface area contributed by atoms with E-state index in [1.165, 1.54) is 7.05 Å². The lowest BCUT2D eigenvalue weighted by Gasteiger charge is -2.11. The zero-order valence-electron chi connectivity index (χ0n) is 10.4. The molecule has 2 rings (SSSR count). The summed E-state index contributed by atoms with van der Waals surface area (Å²) in [6.45, 7) is 1.88. The molecule has 3 nitrogen and oxygen atoms in total. The van der Waals surface area contributed by atoms with Gasteiger partial charge in [-0.2, -0.15) is 0 Å². The fourth-order valence-corrected chi connectivity index (χ4v) is 2.10. The molecule has 0 radical (unpaired) electrons. The molecule has 1 aromatic carbocycles. The van der Waals surface area contributed by atoms with Crippen molar-refractivity contribution >= 4 is 33.3 Å². The van der Waals surface area contributed by atoms with E-state index < -0.39 is 11.6 Å². The highest BCUT2D eigenvalue weighted by atomic mass is 79.9. The number of aromatic nitrogens is 1. The molecule has 100 valence electrons. The van der Waals surface area contributed by atoms with Gasteiger partial charge in [-0.15, -0.1) is 0 Å². The number of rotatable bonds is 3. The smallest absolute Gasteiger partial charge is 0.169 e. The van der Waals surface area contributed by atoms with Crippen molar-refractivity contribution in [1.82, 2.24) is 4.98 Å². The number of hydrogen-bond donors (Lipinski definition) is 2. The Bertz CT molecular complexity index is 617. The van der Waals surface area contributed by atoms with Crippen LogP contribution < -0.4 is 10.6 Å². The predicted molar refractivity (Wildman–Crippen MR) is 75.9 cm³/mol. The van der Waals surface area contributed by atoms with Gasteiger partial charge in [-0.1, -0.05) is 15.9 Å². The van der Waals surface area contributed by atoms with E-state index in [0.29, 0.717) is 5.69 Å². The average molecular weight is 328 g/mol. The van der Waals surface area contributed by atoms with Crippen LogP contribution in [0.2, 0.25) is 0 Å². The molecule has 0 fully saturated rings. The number of anilines is 3. The third kappa shape index (κ3) is 3.01. The van der Waals surface area contributed by atoms with Crippen molar-refractivity contribution in [1.29, 1.82) is 0 Å². The van der Waals surface area contributed by atoms with Gasteiger partial charge in [-0.3, -0.25) is 0 Å². The minimum Gasteiger partial charge on any atom is -0.371 e. The first-order valence-corrected chi connectivity index (χ1v) is 6.37. The zero-order chi connectivity index (χ0) is 14.0. The molecule has 2 N–H and O–H groups in total. The van der Waals surface area contributed by atoms with Crippen LogP contribution in [0.5, 0.6) is 0 Å². The molecule has 0 aliphatic heterocycles. The number of benzene rings is 1. The Labute approximate surface area is 118 Å². The van der Waals surface area contributed by atoms with E-state index in [1.54, 1.807) is 6.07 Å². The maximum absolute atomic E-state index is 13.7. The van der Waals surface area contributed by atoms with Gasteiger partial charge >= 0.3 is 0 Å². The Morgan fingerprint density at radius 2 is 1.79 bits per heavy atom. The lowest BCUT2D eigenvalue weighted by Crippen LogP contribution is -2.04. The van der Waals surface area contributed by atoms with Crippen molar-refractivity contribution in [2.45, 2.75) is 6.92 Å². The van der Waals surface area contributed by atoms with Crippen molar-refractivity contribution in [3.63, 3.8) is 0 Å². The fourth-order valence-electron chi connectivity index (χ4n) is 1.62. The number of hydrogen-bond acceptors (Lipinski definition) is 3. The first-order chi connectivity index (χ1) is 9.01. The molecular weight excluding hydrogens is 316 g/mol. The molecule has 0 aliphatic carbocycles. The maximum atomic E-state index is 13.7. The Morgan fingerprint density at radius 1 is 1.11 bits per heavy atom. The Hall–Kier alpha value is -1.69. The normalized spacial score (nSPS) is 10.4. The summed E-state index contributed by atoms with van der Waals surface area (Å²) in [7, 11) is 1.53. The van der Waals surface area contributed by atoms with Crippen LogP contribution in [0.15, 0.2) is 28.7 Å². The molecule has 1 heterocycles. The molecule has 0 atom stereocenters. The maximum Gasteiger partial charge on any atom is 0.169 e. The van der Waals surface area contributed by atoms with Crippen LogP contribution >= 0.6 is 15.9 Å². The highest BCUT2D eigenvalue weighted by Gasteiger charge is 2.11. The van der Waals surface area contributed by atoms with Crippen LogP contribution in [-0.2, 0) is 0 Å². The zero-order valence-corrected chi connectivity index (χ0v) is 12.0. The Balaban J connectivity index is 2.37. The van der Waals surface area contributed by atoms with E-state index in [4.69, 9.17) is 0 Å². The molecule has 2 aromatic rings. The first-order valence-electron chi connectivity index (χ1n) is 5.58. The molecule has 0 spiro atoms. The molecule has 19 heavy (non-hydrogen) atoms. The van der Waals surface area contributed by atoms with E-state index in [2.05, 4.69) is 31.5 Å². The van der Waals surface area contributed by atoms with Gasteiger partial charge in [0.2, 0.25) is 0 Å². The van der Waals surface area contributed by atoms with Crippen molar-refractivity contribution in [3.8, 4) is 0 Å². The first kappa shape index (κ1) is 13.7. The van der Waals surface area contributed by atoms with Gasteiger partial charge in [0.15, 0.2) is 23.3 Å². The van der Waals surface area contributed by atoms with Crippen molar-refractivity contribution < 1.29 is 8.78 Å². The van der Waals surface area contributed by atoms with Crippen molar-refractivity contribution in [2.24, 2.45) is 0 Å². The summed E-state index contributed by atoms with van der Waals surface area (Å²) in [5, 5.41) is 5.43. The van der Waals surface area contributed by atoms with Crippen LogP contribution in [0.3, 0.4) is 0 Å². The van der Waals surface area contributed by atoms with Crippen LogP contribution in [0.25, 0.3) is 0 Å². The van der Waals surface area contributed by atoms with Gasteiger partial charge in [0.25, 0.3) is 0 Å². The molecule has 0 saturated heterocycles. The van der Waals surface area contributed by atoms with E-state index in [9.17, 15) is 8.78 Å². The van der Waals surface area contributed by atoms with Gasteiger partial charge in [-0.05, 0) is 30.7 Å². The van der Waals surface area contributed by atoms with Gasteiger partial charge < -0.3 is 10.6 Å². The monoisotopic (exact) mass is 327 g/mol. The predicted octanol–water partition coefficient (Wildman–Crippen LogP) is 4.22.